The molecule has 1 N–H and O–H groups in total. The quantitative estimate of drug-likeness (QED) is 0.248. The van der Waals surface area contributed by atoms with Crippen LogP contribution in [0, 0.1) is 10.1 Å². The van der Waals surface area contributed by atoms with Crippen molar-refractivity contribution in [2.45, 2.75) is 6.18 Å². The van der Waals surface area contributed by atoms with E-state index in [9.17, 15) is 32.9 Å². The van der Waals surface area contributed by atoms with Crippen molar-refractivity contribution in [1.82, 2.24) is 0 Å². The first-order chi connectivity index (χ1) is 15.5. The van der Waals surface area contributed by atoms with Crippen molar-refractivity contribution in [3.05, 3.63) is 98.0 Å². The van der Waals surface area contributed by atoms with Crippen molar-refractivity contribution in [2.75, 3.05) is 5.32 Å². The van der Waals surface area contributed by atoms with E-state index in [1.54, 1.807) is 18.2 Å². The normalized spacial score (nSPS) is 10.5. The molecule has 1 amide bonds. The summed E-state index contributed by atoms with van der Waals surface area (Å²) in [5.74, 6) is -1.84. The molecule has 0 saturated heterocycles. The van der Waals surface area contributed by atoms with Crippen molar-refractivity contribution in [3.8, 4) is 5.75 Å². The molecule has 7 nitrogen and oxygen atoms in total. The van der Waals surface area contributed by atoms with Crippen LogP contribution in [0.25, 0.3) is 0 Å². The first kappa shape index (κ1) is 25.6. The molecule has 172 valence electrons. The molecule has 0 aromatic heterocycles. The summed E-state index contributed by atoms with van der Waals surface area (Å²) in [6.07, 6.45) is -4.80. The molecule has 0 saturated carbocycles. The molecule has 3 aromatic rings. The molecule has 3 rings (SSSR count). The van der Waals surface area contributed by atoms with Gasteiger partial charge in [-0.2, -0.15) is 13.2 Å². The maximum absolute atomic E-state index is 13.0. The van der Waals surface area contributed by atoms with E-state index in [-0.39, 0.29) is 27.9 Å². The Morgan fingerprint density at radius 2 is 1.70 bits per heavy atom. The fourth-order valence-corrected chi connectivity index (χ4v) is 2.78. The number of nitro groups is 1. The summed E-state index contributed by atoms with van der Waals surface area (Å²) in [7, 11) is 0. The van der Waals surface area contributed by atoms with Crippen LogP contribution in [0.3, 0.4) is 0 Å². The molecule has 33 heavy (non-hydrogen) atoms. The van der Waals surface area contributed by atoms with Crippen LogP contribution in [0.4, 0.5) is 24.5 Å². The number of nitrogens with zero attached hydrogens (tertiary/aromatic N) is 1. The van der Waals surface area contributed by atoms with Gasteiger partial charge in [-0.1, -0.05) is 47.5 Å². The fourth-order valence-electron chi connectivity index (χ4n) is 2.45. The average molecular weight is 501 g/mol. The SMILES string of the molecule is O=COc1c(C(=O)Nc2cc(Cl)ccc2Cl)cccc1C(F)(F)F.O=[N+]([O-])c1ccccc1. The van der Waals surface area contributed by atoms with Crippen LogP contribution in [-0.4, -0.2) is 17.3 Å². The van der Waals surface area contributed by atoms with E-state index in [4.69, 9.17) is 23.2 Å². The summed E-state index contributed by atoms with van der Waals surface area (Å²) in [6, 6.07) is 15.0. The number of amides is 1. The van der Waals surface area contributed by atoms with Crippen molar-refractivity contribution in [2.24, 2.45) is 0 Å². The Morgan fingerprint density at radius 3 is 2.24 bits per heavy atom. The van der Waals surface area contributed by atoms with Crippen molar-refractivity contribution in [1.29, 1.82) is 0 Å². The number of hydrogen-bond donors (Lipinski definition) is 1. The smallest absolute Gasteiger partial charge is 0.420 e. The van der Waals surface area contributed by atoms with Crippen LogP contribution in [0.2, 0.25) is 10.0 Å². The van der Waals surface area contributed by atoms with Crippen LogP contribution in [0.1, 0.15) is 15.9 Å². The molecule has 0 unspecified atom stereocenters. The van der Waals surface area contributed by atoms with Crippen LogP contribution in [0.15, 0.2) is 66.7 Å². The summed E-state index contributed by atoms with van der Waals surface area (Å²) in [5, 5.41) is 12.7. The zero-order valence-electron chi connectivity index (χ0n) is 16.3. The standard InChI is InChI=1S/C15H8Cl2F3NO3.C6H5NO2/c16-8-4-5-11(17)12(6-8)21-14(23)9-2-1-3-10(15(18,19)20)13(9)24-7-22;8-7(9)6-4-2-1-3-5-6/h1-7H,(H,21,23);1-5H. The third-order valence-electron chi connectivity index (χ3n) is 3.87. The van der Waals surface area contributed by atoms with E-state index in [1.165, 1.54) is 30.3 Å². The Labute approximate surface area is 194 Å². The second-order valence-electron chi connectivity index (χ2n) is 6.07. The van der Waals surface area contributed by atoms with Gasteiger partial charge in [0, 0.05) is 17.2 Å². The lowest BCUT2D eigenvalue weighted by Gasteiger charge is -2.15. The average Bonchev–Trinajstić information content (AvgIpc) is 2.77. The number of benzene rings is 3. The molecule has 0 heterocycles. The monoisotopic (exact) mass is 500 g/mol. The highest BCUT2D eigenvalue weighted by atomic mass is 35.5. The van der Waals surface area contributed by atoms with Gasteiger partial charge in [0.2, 0.25) is 0 Å². The number of nitro benzene ring substituents is 1. The lowest BCUT2D eigenvalue weighted by Crippen LogP contribution is -2.17. The first-order valence-electron chi connectivity index (χ1n) is 8.81. The van der Waals surface area contributed by atoms with E-state index in [2.05, 4.69) is 10.1 Å². The largest absolute Gasteiger partial charge is 0.427 e. The Balaban J connectivity index is 0.000000357. The molecular weight excluding hydrogens is 488 g/mol. The topological polar surface area (TPSA) is 98.5 Å². The van der Waals surface area contributed by atoms with E-state index in [0.29, 0.717) is 6.07 Å². The number of anilines is 1. The molecule has 0 radical (unpaired) electrons. The molecule has 3 aromatic carbocycles. The minimum Gasteiger partial charge on any atom is -0.427 e. The lowest BCUT2D eigenvalue weighted by atomic mass is 10.1. The van der Waals surface area contributed by atoms with Gasteiger partial charge >= 0.3 is 6.18 Å². The number of ether oxygens (including phenoxy) is 1. The Hall–Kier alpha value is -3.63. The Morgan fingerprint density at radius 1 is 1.03 bits per heavy atom. The van der Waals surface area contributed by atoms with E-state index in [0.717, 1.165) is 12.1 Å². The third-order valence-corrected chi connectivity index (χ3v) is 4.44. The molecule has 12 heteroatoms. The maximum atomic E-state index is 13.0. The predicted octanol–water partition coefficient (Wildman–Crippen LogP) is 6.39. The van der Waals surface area contributed by atoms with Crippen LogP contribution in [-0.2, 0) is 11.0 Å². The maximum Gasteiger partial charge on any atom is 0.420 e. The molecule has 0 spiro atoms. The van der Waals surface area contributed by atoms with Gasteiger partial charge in [-0.3, -0.25) is 19.7 Å². The number of para-hydroxylation sites is 2. The molecule has 0 aliphatic carbocycles. The van der Waals surface area contributed by atoms with Gasteiger partial charge in [0.05, 0.1) is 26.8 Å². The van der Waals surface area contributed by atoms with E-state index in [1.807, 2.05) is 0 Å². The zero-order valence-corrected chi connectivity index (χ0v) is 17.8. The summed E-state index contributed by atoms with van der Waals surface area (Å²) >= 11 is 11.7. The summed E-state index contributed by atoms with van der Waals surface area (Å²) in [4.78, 5) is 32.4. The van der Waals surface area contributed by atoms with Crippen molar-refractivity contribution >= 4 is 47.0 Å². The highest BCUT2D eigenvalue weighted by Gasteiger charge is 2.36. The summed E-state index contributed by atoms with van der Waals surface area (Å²) in [6.45, 7) is -0.187. The summed E-state index contributed by atoms with van der Waals surface area (Å²) in [5.41, 5.74) is -1.49. The first-order valence-corrected chi connectivity index (χ1v) is 9.56. The number of hydrogen-bond acceptors (Lipinski definition) is 5. The Bertz CT molecular complexity index is 1160. The van der Waals surface area contributed by atoms with Crippen molar-refractivity contribution < 1.29 is 32.4 Å². The zero-order chi connectivity index (χ0) is 24.6. The number of halogens is 5. The van der Waals surface area contributed by atoms with Crippen LogP contribution in [0.5, 0.6) is 5.75 Å². The molecule has 0 aliphatic rings. The minimum absolute atomic E-state index is 0.101. The number of non-ortho nitro benzene ring substituents is 1. The van der Waals surface area contributed by atoms with Crippen LogP contribution < -0.4 is 10.1 Å². The Kier molecular flexibility index (Phi) is 8.78. The second kappa shape index (κ2) is 11.3. The lowest BCUT2D eigenvalue weighted by molar-refractivity contribution is -0.384. The molecule has 0 aliphatic heterocycles. The van der Waals surface area contributed by atoms with Gasteiger partial charge in [0.25, 0.3) is 18.1 Å². The highest BCUT2D eigenvalue weighted by Crippen LogP contribution is 2.38. The van der Waals surface area contributed by atoms with Crippen LogP contribution >= 0.6 is 23.2 Å². The number of alkyl halides is 3. The number of carbonyl (C=O) groups is 2. The third kappa shape index (κ3) is 7.19. The molecule has 0 fully saturated rings. The van der Waals surface area contributed by atoms with Gasteiger partial charge in [-0.15, -0.1) is 0 Å². The fraction of sp³-hybridized carbons (Fsp3) is 0.0476. The predicted molar refractivity (Wildman–Crippen MR) is 116 cm³/mol. The van der Waals surface area contributed by atoms with Gasteiger partial charge < -0.3 is 10.1 Å². The molecule has 0 bridgehead atoms. The number of rotatable bonds is 5. The molecule has 0 atom stereocenters. The number of nitrogens with one attached hydrogen (secondary N) is 1. The summed E-state index contributed by atoms with van der Waals surface area (Å²) < 4.78 is 43.4. The molecular formula is C21H13Cl2F3N2O5. The van der Waals surface area contributed by atoms with Gasteiger partial charge in [0.1, 0.15) is 0 Å². The van der Waals surface area contributed by atoms with E-state index >= 15 is 0 Å². The number of carbonyl (C=O) groups excluding carboxylic acids is 2. The van der Waals surface area contributed by atoms with E-state index < -0.39 is 33.9 Å². The van der Waals surface area contributed by atoms with Gasteiger partial charge in [-0.25, -0.2) is 0 Å². The van der Waals surface area contributed by atoms with Crippen molar-refractivity contribution in [3.63, 3.8) is 0 Å². The van der Waals surface area contributed by atoms with Gasteiger partial charge in [-0.05, 0) is 30.3 Å². The van der Waals surface area contributed by atoms with Gasteiger partial charge in [0.15, 0.2) is 5.75 Å². The minimum atomic E-state index is -4.80. The second-order valence-corrected chi connectivity index (χ2v) is 6.91. The highest BCUT2D eigenvalue weighted by molar-refractivity contribution is 6.36.